The van der Waals surface area contributed by atoms with Crippen molar-refractivity contribution >= 4 is 28.9 Å². The van der Waals surface area contributed by atoms with Crippen molar-refractivity contribution < 1.29 is 14.3 Å². The Morgan fingerprint density at radius 2 is 2.00 bits per heavy atom. The molecule has 0 atom stereocenters. The molecule has 1 saturated heterocycles. The monoisotopic (exact) mass is 407 g/mol. The molecule has 2 aromatic heterocycles. The summed E-state index contributed by atoms with van der Waals surface area (Å²) in [6, 6.07) is 7.37. The van der Waals surface area contributed by atoms with Gasteiger partial charge in [0.15, 0.2) is 5.65 Å². The lowest BCUT2D eigenvalue weighted by Crippen LogP contribution is -2.30. The van der Waals surface area contributed by atoms with Gasteiger partial charge in [0.25, 0.3) is 5.91 Å². The normalized spacial score (nSPS) is 14.6. The maximum absolute atomic E-state index is 13.0. The maximum Gasteiger partial charge on any atom is 0.255 e. The van der Waals surface area contributed by atoms with Crippen LogP contribution in [0.4, 0.5) is 5.69 Å². The van der Waals surface area contributed by atoms with Crippen LogP contribution in [0.15, 0.2) is 36.7 Å². The van der Waals surface area contributed by atoms with Crippen molar-refractivity contribution in [2.24, 2.45) is 0 Å². The molecule has 2 N–H and O–H groups in total. The van der Waals surface area contributed by atoms with Crippen molar-refractivity contribution in [2.45, 2.75) is 38.9 Å². The highest BCUT2D eigenvalue weighted by Gasteiger charge is 2.22. The Hall–Kier alpha value is -3.26. The van der Waals surface area contributed by atoms with Crippen LogP contribution in [0.1, 0.15) is 46.0 Å². The second-order valence-corrected chi connectivity index (χ2v) is 7.32. The van der Waals surface area contributed by atoms with E-state index in [-0.39, 0.29) is 11.9 Å². The molecule has 1 fully saturated rings. The van der Waals surface area contributed by atoms with Crippen LogP contribution in [0.3, 0.4) is 0 Å². The van der Waals surface area contributed by atoms with E-state index in [0.717, 1.165) is 41.4 Å². The van der Waals surface area contributed by atoms with Gasteiger partial charge in [-0.15, -0.1) is 0 Å². The lowest BCUT2D eigenvalue weighted by molar-refractivity contribution is 0.0903. The van der Waals surface area contributed by atoms with Gasteiger partial charge in [0.2, 0.25) is 0 Å². The van der Waals surface area contributed by atoms with Crippen molar-refractivity contribution in [3.63, 3.8) is 0 Å². The molecule has 1 aliphatic heterocycles. The highest BCUT2D eigenvalue weighted by Crippen LogP contribution is 2.28. The second-order valence-electron chi connectivity index (χ2n) is 7.32. The van der Waals surface area contributed by atoms with E-state index >= 15 is 0 Å². The van der Waals surface area contributed by atoms with Crippen LogP contribution in [0, 0.1) is 0 Å². The minimum atomic E-state index is -0.206. The Morgan fingerprint density at radius 3 is 2.70 bits per heavy atom. The molecule has 0 bridgehead atoms. The number of nitrogens with zero attached hydrogens (tertiary/aromatic N) is 3. The molecule has 0 spiro atoms. The summed E-state index contributed by atoms with van der Waals surface area (Å²) in [7, 11) is 0. The number of rotatable bonds is 7. The molecule has 8 nitrogen and oxygen atoms in total. The Kier molecular flexibility index (Phi) is 6.04. The smallest absolute Gasteiger partial charge is 0.255 e. The predicted molar refractivity (Wildman–Crippen MR) is 114 cm³/mol. The van der Waals surface area contributed by atoms with E-state index in [2.05, 4.69) is 20.7 Å². The first-order valence-corrected chi connectivity index (χ1v) is 10.2. The molecular formula is C22H25N5O3. The largest absolute Gasteiger partial charge is 0.381 e. The lowest BCUT2D eigenvalue weighted by Gasteiger charge is -2.25. The predicted octanol–water partition coefficient (Wildman–Crippen LogP) is 2.78. The molecule has 4 rings (SSSR count). The number of aldehydes is 1. The first kappa shape index (κ1) is 20.0. The molecule has 3 heterocycles. The Balaban J connectivity index is 1.59. The Bertz CT molecular complexity index is 1040. The molecule has 1 amide bonds. The molecule has 0 aliphatic carbocycles. The first-order valence-electron chi connectivity index (χ1n) is 10.2. The van der Waals surface area contributed by atoms with E-state index in [9.17, 15) is 9.59 Å². The summed E-state index contributed by atoms with van der Waals surface area (Å²) in [5.74, 6) is -0.206. The molecule has 30 heavy (non-hydrogen) atoms. The van der Waals surface area contributed by atoms with Gasteiger partial charge >= 0.3 is 0 Å². The van der Waals surface area contributed by atoms with Crippen molar-refractivity contribution in [3.05, 3.63) is 53.3 Å². The number of carbonyl (C=O) groups is 2. The summed E-state index contributed by atoms with van der Waals surface area (Å²) in [5.41, 5.74) is 3.54. The van der Waals surface area contributed by atoms with Crippen LogP contribution >= 0.6 is 0 Å². The number of benzene rings is 1. The number of hydrogen-bond acceptors (Lipinski definition) is 6. The van der Waals surface area contributed by atoms with Gasteiger partial charge in [-0.25, -0.2) is 9.67 Å². The zero-order valence-electron chi connectivity index (χ0n) is 16.9. The number of hydrogen-bond donors (Lipinski definition) is 2. The van der Waals surface area contributed by atoms with Gasteiger partial charge in [0, 0.05) is 44.1 Å². The average molecular weight is 407 g/mol. The van der Waals surface area contributed by atoms with Crippen LogP contribution in [0.5, 0.6) is 0 Å². The number of aryl methyl sites for hydroxylation is 1. The third kappa shape index (κ3) is 4.18. The van der Waals surface area contributed by atoms with Crippen LogP contribution in [0.25, 0.3) is 11.0 Å². The number of fused-ring (bicyclic) bond motifs is 1. The fourth-order valence-electron chi connectivity index (χ4n) is 3.62. The minimum Gasteiger partial charge on any atom is -0.381 e. The van der Waals surface area contributed by atoms with Gasteiger partial charge in [-0.05, 0) is 25.3 Å². The standard InChI is InChI=1S/C22H25N5O3/c1-2-27-21-18(13-25-27)20(26-17-7-9-30-10-8-17)19(12-23-21)22(29)24-11-15-3-5-16(14-28)6-4-15/h3-6,12-14,17H,2,7-11H2,1H3,(H,23,26)(H,24,29). The van der Waals surface area contributed by atoms with E-state index in [1.807, 2.05) is 23.7 Å². The maximum atomic E-state index is 13.0. The van der Waals surface area contributed by atoms with Crippen LogP contribution in [-0.4, -0.2) is 46.2 Å². The van der Waals surface area contributed by atoms with Crippen molar-refractivity contribution in [1.29, 1.82) is 0 Å². The van der Waals surface area contributed by atoms with Crippen LogP contribution in [0.2, 0.25) is 0 Å². The summed E-state index contributed by atoms with van der Waals surface area (Å²) in [6.45, 7) is 4.49. The number of ether oxygens (including phenoxy) is 1. The summed E-state index contributed by atoms with van der Waals surface area (Å²) >= 11 is 0. The van der Waals surface area contributed by atoms with Gasteiger partial charge in [0.05, 0.1) is 22.8 Å². The van der Waals surface area contributed by atoms with Crippen molar-refractivity contribution in [3.8, 4) is 0 Å². The molecule has 0 unspecified atom stereocenters. The number of pyridine rings is 1. The second kappa shape index (κ2) is 9.04. The van der Waals surface area contributed by atoms with E-state index in [4.69, 9.17) is 4.74 Å². The van der Waals surface area contributed by atoms with Crippen molar-refractivity contribution in [1.82, 2.24) is 20.1 Å². The quantitative estimate of drug-likeness (QED) is 0.585. The van der Waals surface area contributed by atoms with Gasteiger partial charge in [0.1, 0.15) is 6.29 Å². The highest BCUT2D eigenvalue weighted by atomic mass is 16.5. The Labute approximate surface area is 174 Å². The first-order chi connectivity index (χ1) is 14.7. The van der Waals surface area contributed by atoms with Gasteiger partial charge in [-0.3, -0.25) is 9.59 Å². The van der Waals surface area contributed by atoms with Gasteiger partial charge in [-0.2, -0.15) is 5.10 Å². The molecule has 1 aromatic carbocycles. The number of nitrogens with one attached hydrogen (secondary N) is 2. The van der Waals surface area contributed by atoms with E-state index in [1.165, 1.54) is 0 Å². The van der Waals surface area contributed by atoms with Crippen molar-refractivity contribution in [2.75, 3.05) is 18.5 Å². The zero-order chi connectivity index (χ0) is 20.9. The van der Waals surface area contributed by atoms with E-state index in [1.54, 1.807) is 24.5 Å². The highest BCUT2D eigenvalue weighted by molar-refractivity contribution is 6.06. The van der Waals surface area contributed by atoms with Crippen LogP contribution in [-0.2, 0) is 17.8 Å². The minimum absolute atomic E-state index is 0.206. The topological polar surface area (TPSA) is 98.1 Å². The lowest BCUT2D eigenvalue weighted by atomic mass is 10.1. The van der Waals surface area contributed by atoms with Gasteiger partial charge < -0.3 is 15.4 Å². The molecule has 0 radical (unpaired) electrons. The summed E-state index contributed by atoms with van der Waals surface area (Å²) < 4.78 is 7.28. The molecular weight excluding hydrogens is 382 g/mol. The number of anilines is 1. The van der Waals surface area contributed by atoms with E-state index in [0.29, 0.717) is 37.4 Å². The third-order valence-corrected chi connectivity index (χ3v) is 5.35. The SMILES string of the molecule is CCn1ncc2c(NC3CCOCC3)c(C(=O)NCc3ccc(C=O)cc3)cnc21. The van der Waals surface area contributed by atoms with Crippen LogP contribution < -0.4 is 10.6 Å². The molecule has 0 saturated carbocycles. The number of carbonyl (C=O) groups excluding carboxylic acids is 2. The molecule has 156 valence electrons. The summed E-state index contributed by atoms with van der Waals surface area (Å²) in [4.78, 5) is 28.3. The van der Waals surface area contributed by atoms with Gasteiger partial charge in [-0.1, -0.05) is 24.3 Å². The average Bonchev–Trinajstić information content (AvgIpc) is 3.22. The molecule has 8 heteroatoms. The van der Waals surface area contributed by atoms with E-state index < -0.39 is 0 Å². The molecule has 3 aromatic rings. The fraction of sp³-hybridized carbons (Fsp3) is 0.364. The Morgan fingerprint density at radius 1 is 1.23 bits per heavy atom. The summed E-state index contributed by atoms with van der Waals surface area (Å²) in [5, 5.41) is 11.8. The zero-order valence-corrected chi connectivity index (χ0v) is 16.9. The third-order valence-electron chi connectivity index (χ3n) is 5.35. The number of aromatic nitrogens is 3. The number of amides is 1. The summed E-state index contributed by atoms with van der Waals surface area (Å²) in [6.07, 6.45) is 5.95. The fourth-order valence-corrected chi connectivity index (χ4v) is 3.62. The molecule has 1 aliphatic rings.